The van der Waals surface area contributed by atoms with E-state index in [1.54, 1.807) is 45.9 Å². The van der Waals surface area contributed by atoms with E-state index >= 15 is 0 Å². The third-order valence-corrected chi connectivity index (χ3v) is 4.17. The van der Waals surface area contributed by atoms with Gasteiger partial charge in [-0.2, -0.15) is 0 Å². The van der Waals surface area contributed by atoms with Crippen molar-refractivity contribution in [3.63, 3.8) is 0 Å². The molecule has 0 bridgehead atoms. The normalized spacial score (nSPS) is 11.2. The molecular weight excluding hydrogens is 346 g/mol. The Hall–Kier alpha value is -2.06. The quantitative estimate of drug-likeness (QED) is 0.641. The summed E-state index contributed by atoms with van der Waals surface area (Å²) in [5.41, 5.74) is 0.678. The van der Waals surface area contributed by atoms with E-state index < -0.39 is 5.41 Å². The topological polar surface area (TPSA) is 80.3 Å². The Morgan fingerprint density at radius 1 is 1.33 bits per heavy atom. The third-order valence-electron chi connectivity index (χ3n) is 3.03. The van der Waals surface area contributed by atoms with Crippen molar-refractivity contribution >= 4 is 55.9 Å². The highest BCUT2D eigenvalue weighted by Gasteiger charge is 2.22. The molecule has 0 atom stereocenters. The molecule has 1 aromatic heterocycles. The number of ether oxygens (including phenoxy) is 1. The Morgan fingerprint density at radius 2 is 2.04 bits per heavy atom. The number of aromatic nitrogens is 1. The van der Waals surface area contributed by atoms with Crippen LogP contribution in [0.15, 0.2) is 18.2 Å². The van der Waals surface area contributed by atoms with Crippen LogP contribution in [0.4, 0.5) is 5.13 Å². The Morgan fingerprint density at radius 3 is 2.67 bits per heavy atom. The Balaban J connectivity index is 2.12. The van der Waals surface area contributed by atoms with E-state index in [0.717, 1.165) is 10.2 Å². The number of nitrogens with one attached hydrogen (secondary N) is 2. The fourth-order valence-corrected chi connectivity index (χ4v) is 2.90. The Labute approximate surface area is 149 Å². The lowest BCUT2D eigenvalue weighted by Gasteiger charge is -2.17. The predicted octanol–water partition coefficient (Wildman–Crippen LogP) is 3.33. The molecular formula is C16H19N3O3S2. The van der Waals surface area contributed by atoms with E-state index in [4.69, 9.17) is 17.0 Å². The number of carbonyl (C=O) groups excluding carboxylic acids is 2. The first kappa shape index (κ1) is 18.3. The molecule has 0 spiro atoms. The van der Waals surface area contributed by atoms with Gasteiger partial charge in [0.15, 0.2) is 10.2 Å². The van der Waals surface area contributed by atoms with Crippen LogP contribution in [-0.2, 0) is 9.53 Å². The number of amides is 1. The fraction of sp³-hybridized carbons (Fsp3) is 0.375. The first-order chi connectivity index (χ1) is 11.2. The van der Waals surface area contributed by atoms with Crippen molar-refractivity contribution in [1.29, 1.82) is 0 Å². The smallest absolute Gasteiger partial charge is 0.338 e. The zero-order valence-corrected chi connectivity index (χ0v) is 15.6. The van der Waals surface area contributed by atoms with Gasteiger partial charge < -0.3 is 15.4 Å². The number of fused-ring (bicyclic) bond motifs is 1. The summed E-state index contributed by atoms with van der Waals surface area (Å²) < 4.78 is 5.81. The van der Waals surface area contributed by atoms with E-state index in [0.29, 0.717) is 17.3 Å². The number of carbonyl (C=O) groups is 2. The summed E-state index contributed by atoms with van der Waals surface area (Å²) in [5, 5.41) is 6.27. The molecule has 1 amide bonds. The molecule has 6 nitrogen and oxygen atoms in total. The molecule has 2 rings (SSSR count). The largest absolute Gasteiger partial charge is 0.462 e. The summed E-state index contributed by atoms with van der Waals surface area (Å²) in [5.74, 6) is -0.541. The van der Waals surface area contributed by atoms with Crippen LogP contribution in [0.3, 0.4) is 0 Å². The second-order valence-corrected chi connectivity index (χ2v) is 7.52. The summed E-state index contributed by atoms with van der Waals surface area (Å²) in [7, 11) is 0. The van der Waals surface area contributed by atoms with Gasteiger partial charge in [0.2, 0.25) is 5.91 Å². The first-order valence-electron chi connectivity index (χ1n) is 7.41. The molecule has 128 valence electrons. The van der Waals surface area contributed by atoms with Gasteiger partial charge in [0.1, 0.15) is 0 Å². The van der Waals surface area contributed by atoms with Crippen LogP contribution in [0.2, 0.25) is 0 Å². The molecule has 24 heavy (non-hydrogen) atoms. The molecule has 2 aromatic rings. The monoisotopic (exact) mass is 365 g/mol. The summed E-state index contributed by atoms with van der Waals surface area (Å²) in [6.07, 6.45) is 0. The summed E-state index contributed by atoms with van der Waals surface area (Å²) in [6, 6.07) is 5.15. The standard InChI is InChI=1S/C16H19N3O3S2/c1-5-22-12(20)9-6-7-10-11(8-9)24-15(17-10)19-14(23)18-13(21)16(2,3)4/h6-8H,5H2,1-4H3,(H2,17,18,19,21,23). The predicted molar refractivity (Wildman–Crippen MR) is 99.4 cm³/mol. The van der Waals surface area contributed by atoms with Crippen molar-refractivity contribution in [1.82, 2.24) is 10.3 Å². The van der Waals surface area contributed by atoms with Gasteiger partial charge >= 0.3 is 5.97 Å². The van der Waals surface area contributed by atoms with Crippen LogP contribution in [0.1, 0.15) is 38.1 Å². The summed E-state index contributed by atoms with van der Waals surface area (Å²) >= 11 is 6.48. The second-order valence-electron chi connectivity index (χ2n) is 6.08. The lowest BCUT2D eigenvalue weighted by Crippen LogP contribution is -2.41. The molecule has 0 radical (unpaired) electrons. The highest BCUT2D eigenvalue weighted by atomic mass is 32.1. The minimum absolute atomic E-state index is 0.175. The minimum Gasteiger partial charge on any atom is -0.462 e. The third kappa shape index (κ3) is 4.48. The zero-order valence-electron chi connectivity index (χ0n) is 13.9. The van der Waals surface area contributed by atoms with Crippen molar-refractivity contribution in [2.24, 2.45) is 5.41 Å². The van der Waals surface area contributed by atoms with Crippen LogP contribution in [-0.4, -0.2) is 28.6 Å². The Kier molecular flexibility index (Phi) is 5.51. The number of hydrogen-bond acceptors (Lipinski definition) is 6. The Bertz CT molecular complexity index is 793. The number of nitrogens with zero attached hydrogens (tertiary/aromatic N) is 1. The van der Waals surface area contributed by atoms with Gasteiger partial charge in [0.05, 0.1) is 22.4 Å². The number of thiazole rings is 1. The maximum Gasteiger partial charge on any atom is 0.338 e. The highest BCUT2D eigenvalue weighted by Crippen LogP contribution is 2.27. The van der Waals surface area contributed by atoms with E-state index in [1.807, 2.05) is 0 Å². The number of rotatable bonds is 3. The van der Waals surface area contributed by atoms with Gasteiger partial charge in [-0.25, -0.2) is 9.78 Å². The first-order valence-corrected chi connectivity index (χ1v) is 8.63. The molecule has 0 aliphatic carbocycles. The average molecular weight is 365 g/mol. The zero-order chi connectivity index (χ0) is 17.9. The van der Waals surface area contributed by atoms with Crippen LogP contribution < -0.4 is 10.6 Å². The minimum atomic E-state index is -0.534. The number of benzene rings is 1. The fourth-order valence-electron chi connectivity index (χ4n) is 1.74. The number of esters is 1. The molecule has 0 fully saturated rings. The molecule has 0 saturated heterocycles. The number of anilines is 1. The van der Waals surface area contributed by atoms with E-state index in [2.05, 4.69) is 15.6 Å². The van der Waals surface area contributed by atoms with Crippen LogP contribution >= 0.6 is 23.6 Å². The van der Waals surface area contributed by atoms with Crippen LogP contribution in [0, 0.1) is 5.41 Å². The highest BCUT2D eigenvalue weighted by molar-refractivity contribution is 7.80. The van der Waals surface area contributed by atoms with Crippen molar-refractivity contribution in [3.8, 4) is 0 Å². The van der Waals surface area contributed by atoms with E-state index in [1.165, 1.54) is 11.3 Å². The SMILES string of the molecule is CCOC(=O)c1ccc2nc(NC(=S)NC(=O)C(C)(C)C)sc2c1. The van der Waals surface area contributed by atoms with Crippen molar-refractivity contribution in [2.45, 2.75) is 27.7 Å². The molecule has 0 unspecified atom stereocenters. The lowest BCUT2D eigenvalue weighted by molar-refractivity contribution is -0.126. The molecule has 2 N–H and O–H groups in total. The van der Waals surface area contributed by atoms with Crippen molar-refractivity contribution in [3.05, 3.63) is 23.8 Å². The molecule has 0 aliphatic heterocycles. The van der Waals surface area contributed by atoms with Gasteiger partial charge in [0, 0.05) is 5.41 Å². The maximum absolute atomic E-state index is 11.9. The molecule has 1 aromatic carbocycles. The van der Waals surface area contributed by atoms with Gasteiger partial charge in [-0.05, 0) is 37.3 Å². The van der Waals surface area contributed by atoms with Crippen LogP contribution in [0.25, 0.3) is 10.2 Å². The van der Waals surface area contributed by atoms with E-state index in [-0.39, 0.29) is 17.0 Å². The van der Waals surface area contributed by atoms with Gasteiger partial charge in [-0.15, -0.1) is 0 Å². The van der Waals surface area contributed by atoms with Gasteiger partial charge in [-0.3, -0.25) is 4.79 Å². The summed E-state index contributed by atoms with van der Waals surface area (Å²) in [6.45, 7) is 7.50. The van der Waals surface area contributed by atoms with Crippen LogP contribution in [0.5, 0.6) is 0 Å². The molecule has 8 heteroatoms. The number of thiocarbonyl (C=S) groups is 1. The summed E-state index contributed by atoms with van der Waals surface area (Å²) in [4.78, 5) is 28.1. The van der Waals surface area contributed by atoms with E-state index in [9.17, 15) is 9.59 Å². The molecule has 1 heterocycles. The second kappa shape index (κ2) is 7.23. The average Bonchev–Trinajstić information content (AvgIpc) is 2.87. The van der Waals surface area contributed by atoms with Crippen molar-refractivity contribution < 1.29 is 14.3 Å². The van der Waals surface area contributed by atoms with Gasteiger partial charge in [0.25, 0.3) is 0 Å². The molecule has 0 saturated carbocycles. The number of hydrogen-bond donors (Lipinski definition) is 2. The maximum atomic E-state index is 11.9. The molecule has 0 aliphatic rings. The van der Waals surface area contributed by atoms with Crippen molar-refractivity contribution in [2.75, 3.05) is 11.9 Å². The lowest BCUT2D eigenvalue weighted by atomic mass is 9.96. The van der Waals surface area contributed by atoms with Gasteiger partial charge in [-0.1, -0.05) is 32.1 Å².